The summed E-state index contributed by atoms with van der Waals surface area (Å²) in [6.07, 6.45) is 3.23. The van der Waals surface area contributed by atoms with Gasteiger partial charge in [-0.1, -0.05) is 26.0 Å². The van der Waals surface area contributed by atoms with Crippen LogP contribution in [0.5, 0.6) is 5.75 Å². The number of hydrogen-bond acceptors (Lipinski definition) is 3. The highest BCUT2D eigenvalue weighted by Crippen LogP contribution is 2.12. The first-order valence-corrected chi connectivity index (χ1v) is 8.92. The second kappa shape index (κ2) is 14.6. The lowest BCUT2D eigenvalue weighted by Gasteiger charge is -2.13. The van der Waals surface area contributed by atoms with Gasteiger partial charge in [0.1, 0.15) is 5.75 Å². The third-order valence-corrected chi connectivity index (χ3v) is 3.81. The Balaban J connectivity index is 0.00000625. The number of rotatable bonds is 10. The zero-order chi connectivity index (χ0) is 18.5. The second-order valence-electron chi connectivity index (χ2n) is 6.18. The number of aryl methyl sites for hydroxylation is 1. The van der Waals surface area contributed by atoms with E-state index in [1.54, 1.807) is 14.2 Å². The number of benzene rings is 1. The molecule has 3 N–H and O–H groups in total. The molecule has 1 amide bonds. The topological polar surface area (TPSA) is 74.8 Å². The third kappa shape index (κ3) is 10.5. The number of unbranched alkanes of at least 4 members (excludes halogenated alkanes) is 1. The molecule has 0 radical (unpaired) electrons. The van der Waals surface area contributed by atoms with E-state index in [9.17, 15) is 4.79 Å². The smallest absolute Gasteiger partial charge is 0.222 e. The average molecular weight is 476 g/mol. The number of carbonyl (C=O) groups excluding carboxylic acids is 1. The molecule has 0 aliphatic carbocycles. The van der Waals surface area contributed by atoms with Crippen LogP contribution < -0.4 is 20.7 Å². The predicted octanol–water partition coefficient (Wildman–Crippen LogP) is 2.57. The Morgan fingerprint density at radius 1 is 1.04 bits per heavy atom. The number of amides is 1. The quantitative estimate of drug-likeness (QED) is 0.210. The van der Waals surface area contributed by atoms with E-state index in [2.05, 4.69) is 33.1 Å². The van der Waals surface area contributed by atoms with Crippen molar-refractivity contribution >= 4 is 35.8 Å². The van der Waals surface area contributed by atoms with Crippen LogP contribution in [-0.4, -0.2) is 45.7 Å². The highest BCUT2D eigenvalue weighted by atomic mass is 127. The van der Waals surface area contributed by atoms with Crippen molar-refractivity contribution in [2.24, 2.45) is 10.9 Å². The minimum Gasteiger partial charge on any atom is -0.497 e. The van der Waals surface area contributed by atoms with Gasteiger partial charge < -0.3 is 20.7 Å². The summed E-state index contributed by atoms with van der Waals surface area (Å²) in [6, 6.07) is 8.21. The molecular weight excluding hydrogens is 443 g/mol. The summed E-state index contributed by atoms with van der Waals surface area (Å²) in [7, 11) is 3.43. The first-order valence-electron chi connectivity index (χ1n) is 8.92. The lowest BCUT2D eigenvalue weighted by atomic mass is 10.1. The van der Waals surface area contributed by atoms with Gasteiger partial charge in [-0.25, -0.2) is 0 Å². The fourth-order valence-corrected chi connectivity index (χ4v) is 2.24. The van der Waals surface area contributed by atoms with Crippen LogP contribution in [0.4, 0.5) is 0 Å². The van der Waals surface area contributed by atoms with Crippen LogP contribution >= 0.6 is 24.0 Å². The molecule has 0 heterocycles. The fourth-order valence-electron chi connectivity index (χ4n) is 2.24. The predicted molar refractivity (Wildman–Crippen MR) is 119 cm³/mol. The second-order valence-corrected chi connectivity index (χ2v) is 6.18. The Kier molecular flexibility index (Phi) is 13.8. The van der Waals surface area contributed by atoms with Crippen molar-refractivity contribution in [3.63, 3.8) is 0 Å². The number of nitrogens with zero attached hydrogens (tertiary/aromatic N) is 1. The molecular formula is C19H33IN4O2. The van der Waals surface area contributed by atoms with Crippen molar-refractivity contribution in [3.8, 4) is 5.75 Å². The van der Waals surface area contributed by atoms with Gasteiger partial charge in [0.2, 0.25) is 5.91 Å². The number of halogens is 1. The summed E-state index contributed by atoms with van der Waals surface area (Å²) in [6.45, 7) is 5.89. The Morgan fingerprint density at radius 3 is 2.23 bits per heavy atom. The lowest BCUT2D eigenvalue weighted by molar-refractivity contribution is -0.123. The molecule has 0 unspecified atom stereocenters. The summed E-state index contributed by atoms with van der Waals surface area (Å²) < 4.78 is 5.16. The normalized spacial score (nSPS) is 10.9. The molecule has 1 aromatic rings. The number of guanidine groups is 1. The minimum absolute atomic E-state index is 0. The summed E-state index contributed by atoms with van der Waals surface area (Å²) in [5.41, 5.74) is 1.32. The van der Waals surface area contributed by atoms with E-state index in [0.29, 0.717) is 13.1 Å². The van der Waals surface area contributed by atoms with Crippen LogP contribution in [0.25, 0.3) is 0 Å². The number of carbonyl (C=O) groups is 1. The maximum absolute atomic E-state index is 11.5. The summed E-state index contributed by atoms with van der Waals surface area (Å²) in [5, 5.41) is 9.36. The van der Waals surface area contributed by atoms with E-state index in [-0.39, 0.29) is 35.8 Å². The molecule has 0 saturated heterocycles. The molecule has 0 aliphatic heterocycles. The van der Waals surface area contributed by atoms with Crippen LogP contribution in [0.2, 0.25) is 0 Å². The molecule has 26 heavy (non-hydrogen) atoms. The van der Waals surface area contributed by atoms with Crippen molar-refractivity contribution in [1.82, 2.24) is 16.0 Å². The maximum Gasteiger partial charge on any atom is 0.222 e. The largest absolute Gasteiger partial charge is 0.497 e. The van der Waals surface area contributed by atoms with E-state index >= 15 is 0 Å². The lowest BCUT2D eigenvalue weighted by Crippen LogP contribution is -2.42. The standard InChI is InChI=1S/C19H32N4O2.HI/c1-15(2)18(24)21-13-14-23-19(20-3)22-12-6-5-7-16-8-10-17(25-4)11-9-16;/h8-11,15H,5-7,12-14H2,1-4H3,(H,21,24)(H2,20,22,23);1H. The number of methoxy groups -OCH3 is 1. The first kappa shape index (κ1) is 24.5. The highest BCUT2D eigenvalue weighted by molar-refractivity contribution is 14.0. The zero-order valence-electron chi connectivity index (χ0n) is 16.3. The number of aliphatic imine (C=N–C) groups is 1. The molecule has 7 heteroatoms. The van der Waals surface area contributed by atoms with Crippen molar-refractivity contribution in [2.75, 3.05) is 33.8 Å². The van der Waals surface area contributed by atoms with Crippen LogP contribution in [-0.2, 0) is 11.2 Å². The highest BCUT2D eigenvalue weighted by Gasteiger charge is 2.05. The Morgan fingerprint density at radius 2 is 1.65 bits per heavy atom. The van der Waals surface area contributed by atoms with Crippen LogP contribution in [0.3, 0.4) is 0 Å². The molecule has 6 nitrogen and oxygen atoms in total. The molecule has 1 aromatic carbocycles. The van der Waals surface area contributed by atoms with Crippen LogP contribution in [0.1, 0.15) is 32.3 Å². The number of ether oxygens (including phenoxy) is 1. The molecule has 0 aromatic heterocycles. The van der Waals surface area contributed by atoms with Gasteiger partial charge in [0.25, 0.3) is 0 Å². The van der Waals surface area contributed by atoms with Crippen molar-refractivity contribution in [1.29, 1.82) is 0 Å². The molecule has 0 saturated carbocycles. The molecule has 0 fully saturated rings. The molecule has 0 aliphatic rings. The van der Waals surface area contributed by atoms with Crippen LogP contribution in [0, 0.1) is 5.92 Å². The Bertz CT molecular complexity index is 533. The Hall–Kier alpha value is -1.51. The molecule has 0 spiro atoms. The van der Waals surface area contributed by atoms with Gasteiger partial charge in [0.15, 0.2) is 5.96 Å². The molecule has 1 rings (SSSR count). The third-order valence-electron chi connectivity index (χ3n) is 3.81. The summed E-state index contributed by atoms with van der Waals surface area (Å²) in [5.74, 6) is 1.75. The van der Waals surface area contributed by atoms with Crippen LogP contribution in [0.15, 0.2) is 29.3 Å². The van der Waals surface area contributed by atoms with Gasteiger partial charge in [-0.3, -0.25) is 9.79 Å². The zero-order valence-corrected chi connectivity index (χ0v) is 18.6. The fraction of sp³-hybridized carbons (Fsp3) is 0.579. The summed E-state index contributed by atoms with van der Waals surface area (Å²) >= 11 is 0. The van der Waals surface area contributed by atoms with Gasteiger partial charge in [0.05, 0.1) is 7.11 Å². The number of hydrogen-bond donors (Lipinski definition) is 3. The minimum atomic E-state index is 0. The maximum atomic E-state index is 11.5. The van der Waals surface area contributed by atoms with E-state index in [0.717, 1.165) is 37.5 Å². The van der Waals surface area contributed by atoms with Crippen molar-refractivity contribution in [2.45, 2.75) is 33.1 Å². The monoisotopic (exact) mass is 476 g/mol. The van der Waals surface area contributed by atoms with Gasteiger partial charge in [0, 0.05) is 32.6 Å². The van der Waals surface area contributed by atoms with E-state index in [4.69, 9.17) is 4.74 Å². The van der Waals surface area contributed by atoms with Gasteiger partial charge in [-0.2, -0.15) is 0 Å². The van der Waals surface area contributed by atoms with Crippen molar-refractivity contribution in [3.05, 3.63) is 29.8 Å². The van der Waals surface area contributed by atoms with Gasteiger partial charge >= 0.3 is 0 Å². The SMILES string of the molecule is CN=C(NCCCCc1ccc(OC)cc1)NCCNC(=O)C(C)C.I. The molecule has 0 atom stereocenters. The van der Waals surface area contributed by atoms with E-state index < -0.39 is 0 Å². The van der Waals surface area contributed by atoms with Gasteiger partial charge in [-0.05, 0) is 37.0 Å². The average Bonchev–Trinajstić information content (AvgIpc) is 2.63. The summed E-state index contributed by atoms with van der Waals surface area (Å²) in [4.78, 5) is 15.6. The van der Waals surface area contributed by atoms with Gasteiger partial charge in [-0.15, -0.1) is 24.0 Å². The van der Waals surface area contributed by atoms with E-state index in [1.165, 1.54) is 5.56 Å². The Labute approximate surface area is 174 Å². The first-order chi connectivity index (χ1) is 12.1. The number of nitrogens with one attached hydrogen (secondary N) is 3. The molecule has 148 valence electrons. The molecule has 0 bridgehead atoms. The van der Waals surface area contributed by atoms with Crippen molar-refractivity contribution < 1.29 is 9.53 Å². The van der Waals surface area contributed by atoms with E-state index in [1.807, 2.05) is 26.0 Å².